The lowest BCUT2D eigenvalue weighted by Gasteiger charge is -2.08. The van der Waals surface area contributed by atoms with Gasteiger partial charge in [0.05, 0.1) is 6.07 Å². The number of thiazole rings is 1. The Balaban J connectivity index is 1.47. The first kappa shape index (κ1) is 19.3. The molecule has 0 fully saturated rings. The number of ketones is 1. The highest BCUT2D eigenvalue weighted by Crippen LogP contribution is 2.32. The molecular formula is C18H15N3O6S. The number of fused-ring (bicyclic) bond motifs is 1. The van der Waals surface area contributed by atoms with E-state index in [1.165, 1.54) is 23.5 Å². The zero-order valence-corrected chi connectivity index (χ0v) is 15.6. The SMILES string of the molecule is Cc1csc([C@H](C#N)C(=O)COC(=O)CNC(=O)c2ccc3c(c2)OCO3)n1. The average Bonchev–Trinajstić information content (AvgIpc) is 3.33. The van der Waals surface area contributed by atoms with Gasteiger partial charge in [0.15, 0.2) is 29.8 Å². The van der Waals surface area contributed by atoms with Crippen LogP contribution in [0.3, 0.4) is 0 Å². The second-order valence-electron chi connectivity index (χ2n) is 5.77. The zero-order chi connectivity index (χ0) is 20.1. The first-order valence-corrected chi connectivity index (χ1v) is 9.03. The third-order valence-corrected chi connectivity index (χ3v) is 4.77. The number of carbonyl (C=O) groups excluding carboxylic acids is 3. The number of hydrogen-bond donors (Lipinski definition) is 1. The van der Waals surface area contributed by atoms with Crippen molar-refractivity contribution in [2.24, 2.45) is 0 Å². The molecule has 1 aromatic carbocycles. The maximum atomic E-state index is 12.1. The van der Waals surface area contributed by atoms with Crippen LogP contribution in [0.4, 0.5) is 0 Å². The first-order chi connectivity index (χ1) is 13.5. The lowest BCUT2D eigenvalue weighted by atomic mass is 10.1. The van der Waals surface area contributed by atoms with Crippen LogP contribution in [0.25, 0.3) is 0 Å². The van der Waals surface area contributed by atoms with E-state index in [0.29, 0.717) is 22.2 Å². The van der Waals surface area contributed by atoms with Crippen molar-refractivity contribution >= 4 is 29.0 Å². The molecule has 2 heterocycles. The third kappa shape index (κ3) is 4.44. The molecule has 1 aromatic heterocycles. The Morgan fingerprint density at radius 3 is 2.86 bits per heavy atom. The molecule has 0 saturated heterocycles. The van der Waals surface area contributed by atoms with Crippen molar-refractivity contribution in [1.29, 1.82) is 5.26 Å². The molecule has 144 valence electrons. The second kappa shape index (κ2) is 8.49. The van der Waals surface area contributed by atoms with Crippen molar-refractivity contribution in [1.82, 2.24) is 10.3 Å². The fraction of sp³-hybridized carbons (Fsp3) is 0.278. The third-order valence-electron chi connectivity index (χ3n) is 3.74. The van der Waals surface area contributed by atoms with Gasteiger partial charge in [-0.05, 0) is 25.1 Å². The van der Waals surface area contributed by atoms with Gasteiger partial charge >= 0.3 is 5.97 Å². The van der Waals surface area contributed by atoms with E-state index in [1.54, 1.807) is 18.4 Å². The average molecular weight is 401 g/mol. The number of carbonyl (C=O) groups is 3. The highest BCUT2D eigenvalue weighted by atomic mass is 32.1. The summed E-state index contributed by atoms with van der Waals surface area (Å²) in [6.07, 6.45) is 0. The predicted octanol–water partition coefficient (Wildman–Crippen LogP) is 1.33. The Morgan fingerprint density at radius 1 is 1.36 bits per heavy atom. The molecule has 2 aromatic rings. The Kier molecular flexibility index (Phi) is 5.86. The van der Waals surface area contributed by atoms with Crippen molar-refractivity contribution in [3.05, 3.63) is 39.8 Å². The first-order valence-electron chi connectivity index (χ1n) is 8.15. The van der Waals surface area contributed by atoms with Gasteiger partial charge in [-0.15, -0.1) is 11.3 Å². The quantitative estimate of drug-likeness (QED) is 0.688. The summed E-state index contributed by atoms with van der Waals surface area (Å²) in [6.45, 7) is 0.844. The van der Waals surface area contributed by atoms with E-state index in [4.69, 9.17) is 14.2 Å². The number of rotatable bonds is 7. The Hall–Kier alpha value is -3.45. The minimum Gasteiger partial charge on any atom is -0.456 e. The summed E-state index contributed by atoms with van der Waals surface area (Å²) in [5.41, 5.74) is 0.994. The number of esters is 1. The van der Waals surface area contributed by atoms with E-state index in [2.05, 4.69) is 10.3 Å². The van der Waals surface area contributed by atoms with Gasteiger partial charge in [-0.1, -0.05) is 0 Å². The van der Waals surface area contributed by atoms with Gasteiger partial charge in [0.2, 0.25) is 6.79 Å². The van der Waals surface area contributed by atoms with E-state index in [9.17, 15) is 19.6 Å². The van der Waals surface area contributed by atoms with Crippen LogP contribution in [0, 0.1) is 18.3 Å². The predicted molar refractivity (Wildman–Crippen MR) is 96.1 cm³/mol. The lowest BCUT2D eigenvalue weighted by molar-refractivity contribution is -0.146. The van der Waals surface area contributed by atoms with Crippen molar-refractivity contribution < 1.29 is 28.6 Å². The molecule has 1 atom stereocenters. The molecule has 28 heavy (non-hydrogen) atoms. The number of Topliss-reactive ketones (excluding diaryl/α,β-unsaturated/α-hetero) is 1. The Labute approximate surface area is 163 Å². The van der Waals surface area contributed by atoms with Crippen LogP contribution in [0.15, 0.2) is 23.6 Å². The molecule has 1 aliphatic rings. The summed E-state index contributed by atoms with van der Waals surface area (Å²) in [4.78, 5) is 40.1. The maximum Gasteiger partial charge on any atom is 0.325 e. The number of amides is 1. The molecule has 1 amide bonds. The lowest BCUT2D eigenvalue weighted by Crippen LogP contribution is -2.32. The van der Waals surface area contributed by atoms with E-state index >= 15 is 0 Å². The minimum absolute atomic E-state index is 0.0883. The van der Waals surface area contributed by atoms with Crippen molar-refractivity contribution in [3.8, 4) is 17.6 Å². The number of nitrogens with zero attached hydrogens (tertiary/aromatic N) is 2. The van der Waals surface area contributed by atoms with Gasteiger partial charge in [-0.3, -0.25) is 14.4 Å². The van der Waals surface area contributed by atoms with E-state index in [0.717, 1.165) is 0 Å². The van der Waals surface area contributed by atoms with Crippen molar-refractivity contribution in [2.45, 2.75) is 12.8 Å². The molecule has 1 N–H and O–H groups in total. The fourth-order valence-corrected chi connectivity index (χ4v) is 3.21. The summed E-state index contributed by atoms with van der Waals surface area (Å²) in [6, 6.07) is 6.49. The summed E-state index contributed by atoms with van der Waals surface area (Å²) in [7, 11) is 0. The van der Waals surface area contributed by atoms with E-state index in [1.807, 2.05) is 6.07 Å². The van der Waals surface area contributed by atoms with Gasteiger partial charge in [0.25, 0.3) is 5.91 Å². The van der Waals surface area contributed by atoms with Crippen LogP contribution in [-0.4, -0.2) is 42.6 Å². The van der Waals surface area contributed by atoms with Crippen molar-refractivity contribution in [3.63, 3.8) is 0 Å². The van der Waals surface area contributed by atoms with Crippen LogP contribution >= 0.6 is 11.3 Å². The number of aryl methyl sites for hydroxylation is 1. The molecule has 0 aliphatic carbocycles. The summed E-state index contributed by atoms with van der Waals surface area (Å²) < 4.78 is 15.2. The van der Waals surface area contributed by atoms with Gasteiger partial charge in [0.1, 0.15) is 11.6 Å². The normalized spacial score (nSPS) is 12.7. The molecular weight excluding hydrogens is 386 g/mol. The number of benzene rings is 1. The number of ether oxygens (including phenoxy) is 3. The van der Waals surface area contributed by atoms with Gasteiger partial charge in [-0.2, -0.15) is 5.26 Å². The maximum absolute atomic E-state index is 12.1. The largest absolute Gasteiger partial charge is 0.456 e. The van der Waals surface area contributed by atoms with E-state index in [-0.39, 0.29) is 12.4 Å². The van der Waals surface area contributed by atoms with Crippen LogP contribution in [0.1, 0.15) is 27.0 Å². The highest BCUT2D eigenvalue weighted by molar-refractivity contribution is 7.09. The second-order valence-corrected chi connectivity index (χ2v) is 6.66. The molecule has 0 radical (unpaired) electrons. The smallest absolute Gasteiger partial charge is 0.325 e. The molecule has 9 nitrogen and oxygen atoms in total. The molecule has 0 spiro atoms. The van der Waals surface area contributed by atoms with Crippen LogP contribution < -0.4 is 14.8 Å². The molecule has 0 bridgehead atoms. The standard InChI is InChI=1S/C18H15N3O6S/c1-10-8-28-18(21-10)12(5-19)13(22)7-25-16(23)6-20-17(24)11-2-3-14-15(4-11)27-9-26-14/h2-4,8,12H,6-7,9H2,1H3,(H,20,24)/t12-/m1/s1. The summed E-state index contributed by atoms with van der Waals surface area (Å²) >= 11 is 1.19. The Bertz CT molecular complexity index is 964. The summed E-state index contributed by atoms with van der Waals surface area (Å²) in [5, 5.41) is 13.7. The Morgan fingerprint density at radius 2 is 2.14 bits per heavy atom. The van der Waals surface area contributed by atoms with Crippen LogP contribution in [0.5, 0.6) is 11.5 Å². The molecule has 0 unspecified atom stereocenters. The van der Waals surface area contributed by atoms with Gasteiger partial charge in [0, 0.05) is 16.6 Å². The molecule has 1 aliphatic heterocycles. The van der Waals surface area contributed by atoms with Gasteiger partial charge < -0.3 is 19.5 Å². The van der Waals surface area contributed by atoms with E-state index < -0.39 is 36.7 Å². The zero-order valence-electron chi connectivity index (χ0n) is 14.8. The molecule has 10 heteroatoms. The minimum atomic E-state index is -1.09. The summed E-state index contributed by atoms with van der Waals surface area (Å²) in [5.74, 6) is -1.98. The number of nitrogens with one attached hydrogen (secondary N) is 1. The van der Waals surface area contributed by atoms with Crippen LogP contribution in [-0.2, 0) is 14.3 Å². The van der Waals surface area contributed by atoms with Crippen LogP contribution in [0.2, 0.25) is 0 Å². The fourth-order valence-electron chi connectivity index (χ4n) is 2.35. The number of aromatic nitrogens is 1. The molecule has 0 saturated carbocycles. The topological polar surface area (TPSA) is 128 Å². The highest BCUT2D eigenvalue weighted by Gasteiger charge is 2.24. The number of nitriles is 1. The van der Waals surface area contributed by atoms with Gasteiger partial charge in [-0.25, -0.2) is 4.98 Å². The van der Waals surface area contributed by atoms with Crippen molar-refractivity contribution in [2.75, 3.05) is 19.9 Å². The monoisotopic (exact) mass is 401 g/mol. The molecule has 3 rings (SSSR count). The number of hydrogen-bond acceptors (Lipinski definition) is 9.